The SMILES string of the molecule is CCC(=O)c1cc(CCc2cnc(Nc3cnn(CCN4CCOCC4)c3)nc2)c(F)c(OC)c1. The molecule has 1 aliphatic heterocycles. The van der Waals surface area contributed by atoms with Crippen LogP contribution in [0.1, 0.15) is 34.8 Å². The number of ketones is 1. The third kappa shape index (κ3) is 6.61. The molecule has 10 heteroatoms. The minimum absolute atomic E-state index is 0.0484. The van der Waals surface area contributed by atoms with Gasteiger partial charge in [-0.2, -0.15) is 5.10 Å². The highest BCUT2D eigenvalue weighted by atomic mass is 19.1. The molecule has 1 aromatic carbocycles. The maximum Gasteiger partial charge on any atom is 0.227 e. The Hall–Kier alpha value is -3.37. The second kappa shape index (κ2) is 11.9. The summed E-state index contributed by atoms with van der Waals surface area (Å²) in [6.45, 7) is 6.98. The average Bonchev–Trinajstić information content (AvgIpc) is 3.35. The fourth-order valence-electron chi connectivity index (χ4n) is 3.93. The predicted molar refractivity (Wildman–Crippen MR) is 130 cm³/mol. The third-order valence-corrected chi connectivity index (χ3v) is 6.00. The van der Waals surface area contributed by atoms with Crippen LogP contribution in [0.5, 0.6) is 5.75 Å². The lowest BCUT2D eigenvalue weighted by Gasteiger charge is -2.26. The lowest BCUT2D eigenvalue weighted by Crippen LogP contribution is -2.38. The number of aromatic nitrogens is 4. The molecular formula is C25H31FN6O3. The Bertz CT molecular complexity index is 1130. The van der Waals surface area contributed by atoms with Crippen LogP contribution in [-0.2, 0) is 24.1 Å². The van der Waals surface area contributed by atoms with E-state index in [2.05, 4.69) is 25.3 Å². The third-order valence-electron chi connectivity index (χ3n) is 6.00. The summed E-state index contributed by atoms with van der Waals surface area (Å²) in [6, 6.07) is 3.07. The van der Waals surface area contributed by atoms with Crippen molar-refractivity contribution in [1.82, 2.24) is 24.6 Å². The lowest BCUT2D eigenvalue weighted by atomic mass is 10.00. The van der Waals surface area contributed by atoms with Crippen LogP contribution in [0.25, 0.3) is 0 Å². The Morgan fingerprint density at radius 1 is 1.14 bits per heavy atom. The molecule has 0 radical (unpaired) electrons. The number of benzene rings is 1. The van der Waals surface area contributed by atoms with E-state index in [1.165, 1.54) is 13.2 Å². The number of aryl methyl sites for hydroxylation is 2. The van der Waals surface area contributed by atoms with Crippen molar-refractivity contribution in [2.45, 2.75) is 32.7 Å². The van der Waals surface area contributed by atoms with Gasteiger partial charge in [0.05, 0.1) is 38.8 Å². The molecule has 186 valence electrons. The number of carbonyl (C=O) groups excluding carboxylic acids is 1. The van der Waals surface area contributed by atoms with Gasteiger partial charge in [-0.05, 0) is 36.1 Å². The Kier molecular flexibility index (Phi) is 8.38. The standard InChI is InChI=1S/C25H31FN6O3/c1-3-22(33)20-12-19(24(26)23(13-20)34-2)5-4-18-14-27-25(28-15-18)30-21-16-29-32(17-21)7-6-31-8-10-35-11-9-31/h12-17H,3-11H2,1-2H3,(H,27,28,30). The van der Waals surface area contributed by atoms with E-state index in [1.807, 2.05) is 10.9 Å². The molecule has 0 aliphatic carbocycles. The molecule has 3 aromatic rings. The van der Waals surface area contributed by atoms with Crippen molar-refractivity contribution in [1.29, 1.82) is 0 Å². The molecule has 0 spiro atoms. The fraction of sp³-hybridized carbons (Fsp3) is 0.440. The van der Waals surface area contributed by atoms with Gasteiger partial charge in [-0.25, -0.2) is 14.4 Å². The molecule has 1 aliphatic rings. The second-order valence-corrected chi connectivity index (χ2v) is 8.41. The van der Waals surface area contributed by atoms with Crippen molar-refractivity contribution in [3.63, 3.8) is 0 Å². The van der Waals surface area contributed by atoms with Gasteiger partial charge in [-0.15, -0.1) is 0 Å². The zero-order valence-electron chi connectivity index (χ0n) is 20.2. The Morgan fingerprint density at radius 3 is 2.63 bits per heavy atom. The fourth-order valence-corrected chi connectivity index (χ4v) is 3.93. The van der Waals surface area contributed by atoms with Crippen molar-refractivity contribution in [3.8, 4) is 5.75 Å². The predicted octanol–water partition coefficient (Wildman–Crippen LogP) is 3.27. The van der Waals surface area contributed by atoms with Crippen molar-refractivity contribution in [2.24, 2.45) is 0 Å². The summed E-state index contributed by atoms with van der Waals surface area (Å²) in [4.78, 5) is 23.2. The van der Waals surface area contributed by atoms with E-state index < -0.39 is 5.82 Å². The van der Waals surface area contributed by atoms with Gasteiger partial charge in [0.25, 0.3) is 0 Å². The molecule has 2 aromatic heterocycles. The molecule has 35 heavy (non-hydrogen) atoms. The highest BCUT2D eigenvalue weighted by Gasteiger charge is 2.15. The summed E-state index contributed by atoms with van der Waals surface area (Å²) in [5.74, 6) is 0.0585. The molecule has 3 heterocycles. The monoisotopic (exact) mass is 482 g/mol. The van der Waals surface area contributed by atoms with E-state index >= 15 is 0 Å². The second-order valence-electron chi connectivity index (χ2n) is 8.41. The first kappa shape index (κ1) is 24.7. The molecule has 4 rings (SSSR count). The lowest BCUT2D eigenvalue weighted by molar-refractivity contribution is 0.0360. The van der Waals surface area contributed by atoms with Crippen LogP contribution in [0.4, 0.5) is 16.0 Å². The molecule has 0 bridgehead atoms. The van der Waals surface area contributed by atoms with Crippen LogP contribution in [0.3, 0.4) is 0 Å². The Labute approximate surface area is 204 Å². The van der Waals surface area contributed by atoms with Gasteiger partial charge in [-0.1, -0.05) is 6.92 Å². The number of nitrogens with zero attached hydrogens (tertiary/aromatic N) is 5. The largest absolute Gasteiger partial charge is 0.494 e. The molecule has 1 fully saturated rings. The number of nitrogens with one attached hydrogen (secondary N) is 1. The molecule has 0 amide bonds. The van der Waals surface area contributed by atoms with Gasteiger partial charge < -0.3 is 14.8 Å². The van der Waals surface area contributed by atoms with Crippen LogP contribution in [-0.4, -0.2) is 70.4 Å². The molecule has 0 unspecified atom stereocenters. The van der Waals surface area contributed by atoms with Gasteiger partial charge in [0, 0.05) is 50.2 Å². The number of halogens is 1. The van der Waals surface area contributed by atoms with Gasteiger partial charge >= 0.3 is 0 Å². The number of hydrogen-bond acceptors (Lipinski definition) is 8. The Balaban J connectivity index is 1.32. The number of Topliss-reactive ketones (excluding diaryl/α,β-unsaturated/α-hetero) is 1. The van der Waals surface area contributed by atoms with Crippen LogP contribution < -0.4 is 10.1 Å². The molecule has 0 saturated carbocycles. The smallest absolute Gasteiger partial charge is 0.227 e. The van der Waals surface area contributed by atoms with Gasteiger partial charge in [0.15, 0.2) is 17.3 Å². The number of rotatable bonds is 11. The van der Waals surface area contributed by atoms with E-state index in [9.17, 15) is 9.18 Å². The van der Waals surface area contributed by atoms with E-state index in [-0.39, 0.29) is 11.5 Å². The minimum Gasteiger partial charge on any atom is -0.494 e. The first-order chi connectivity index (χ1) is 17.1. The van der Waals surface area contributed by atoms with Crippen LogP contribution in [0.15, 0.2) is 36.9 Å². The number of anilines is 2. The maximum absolute atomic E-state index is 14.7. The molecule has 1 saturated heterocycles. The summed E-state index contributed by atoms with van der Waals surface area (Å²) in [5, 5.41) is 7.56. The van der Waals surface area contributed by atoms with Crippen molar-refractivity contribution < 1.29 is 18.7 Å². The van der Waals surface area contributed by atoms with Crippen molar-refractivity contribution >= 4 is 17.4 Å². The van der Waals surface area contributed by atoms with E-state index in [4.69, 9.17) is 9.47 Å². The zero-order chi connectivity index (χ0) is 24.6. The molecular weight excluding hydrogens is 451 g/mol. The van der Waals surface area contributed by atoms with Gasteiger partial charge in [0.1, 0.15) is 0 Å². The topological polar surface area (TPSA) is 94.4 Å². The van der Waals surface area contributed by atoms with E-state index in [1.54, 1.807) is 31.6 Å². The summed E-state index contributed by atoms with van der Waals surface area (Å²) in [7, 11) is 1.40. The Morgan fingerprint density at radius 2 is 1.91 bits per heavy atom. The zero-order valence-corrected chi connectivity index (χ0v) is 20.2. The number of ether oxygens (including phenoxy) is 2. The maximum atomic E-state index is 14.7. The highest BCUT2D eigenvalue weighted by molar-refractivity contribution is 5.96. The van der Waals surface area contributed by atoms with Gasteiger partial charge in [-0.3, -0.25) is 14.4 Å². The summed E-state index contributed by atoms with van der Waals surface area (Å²) in [5.41, 5.74) is 2.57. The quantitative estimate of drug-likeness (QED) is 0.416. The minimum atomic E-state index is -0.440. The highest BCUT2D eigenvalue weighted by Crippen LogP contribution is 2.25. The van der Waals surface area contributed by atoms with Crippen molar-refractivity contribution in [2.75, 3.05) is 45.3 Å². The number of methoxy groups -OCH3 is 1. The summed E-state index contributed by atoms with van der Waals surface area (Å²) < 4.78 is 27.1. The van der Waals surface area contributed by atoms with Crippen molar-refractivity contribution in [3.05, 3.63) is 59.4 Å². The first-order valence-corrected chi connectivity index (χ1v) is 11.9. The summed E-state index contributed by atoms with van der Waals surface area (Å²) >= 11 is 0. The average molecular weight is 483 g/mol. The number of morpholine rings is 1. The normalized spacial score (nSPS) is 14.1. The van der Waals surface area contributed by atoms with Crippen LogP contribution in [0.2, 0.25) is 0 Å². The van der Waals surface area contributed by atoms with Crippen LogP contribution >= 0.6 is 0 Å². The molecule has 9 nitrogen and oxygen atoms in total. The van der Waals surface area contributed by atoms with E-state index in [0.717, 1.165) is 50.6 Å². The van der Waals surface area contributed by atoms with Gasteiger partial charge in [0.2, 0.25) is 5.95 Å². The molecule has 0 atom stereocenters. The van der Waals surface area contributed by atoms with E-state index in [0.29, 0.717) is 36.3 Å². The van der Waals surface area contributed by atoms with Crippen LogP contribution in [0, 0.1) is 5.82 Å². The first-order valence-electron chi connectivity index (χ1n) is 11.9. The number of hydrogen-bond donors (Lipinski definition) is 1. The molecule has 1 N–H and O–H groups in total. The summed E-state index contributed by atoms with van der Waals surface area (Å²) in [6.07, 6.45) is 8.39. The number of carbonyl (C=O) groups is 1.